The monoisotopic (exact) mass is 302 g/mol. The van der Waals surface area contributed by atoms with Crippen molar-refractivity contribution >= 4 is 10.0 Å². The Kier molecular flexibility index (Phi) is 6.58. The van der Waals surface area contributed by atoms with E-state index in [1.165, 1.54) is 22.5 Å². The molecule has 0 atom stereocenters. The van der Waals surface area contributed by atoms with Crippen LogP contribution < -0.4 is 5.32 Å². The van der Waals surface area contributed by atoms with E-state index in [-0.39, 0.29) is 10.7 Å². The molecule has 0 aliphatic heterocycles. The van der Waals surface area contributed by atoms with Crippen molar-refractivity contribution in [1.82, 2.24) is 9.62 Å². The van der Waals surface area contributed by atoms with Crippen LogP contribution in [0.1, 0.15) is 32.3 Å². The topological polar surface area (TPSA) is 49.4 Å². The van der Waals surface area contributed by atoms with E-state index in [0.717, 1.165) is 12.8 Å². The molecule has 0 fully saturated rings. The lowest BCUT2D eigenvalue weighted by atomic mass is 10.2. The third-order valence-corrected chi connectivity index (χ3v) is 4.97. The predicted octanol–water partition coefficient (Wildman–Crippen LogP) is 2.36. The van der Waals surface area contributed by atoms with Gasteiger partial charge in [0.25, 0.3) is 0 Å². The van der Waals surface area contributed by atoms with Gasteiger partial charge in [-0.1, -0.05) is 20.3 Å². The predicted molar refractivity (Wildman–Crippen MR) is 78.5 cm³/mol. The molecule has 0 spiro atoms. The van der Waals surface area contributed by atoms with Crippen LogP contribution >= 0.6 is 0 Å². The van der Waals surface area contributed by atoms with Crippen LogP contribution in [-0.4, -0.2) is 32.9 Å². The van der Waals surface area contributed by atoms with Gasteiger partial charge in [0.15, 0.2) is 0 Å². The molecule has 0 bridgehead atoms. The molecule has 0 aliphatic rings. The van der Waals surface area contributed by atoms with Crippen LogP contribution in [0.3, 0.4) is 0 Å². The van der Waals surface area contributed by atoms with Crippen molar-refractivity contribution in [2.45, 2.75) is 38.1 Å². The number of sulfonamides is 1. The summed E-state index contributed by atoms with van der Waals surface area (Å²) < 4.78 is 39.7. The first-order valence-corrected chi connectivity index (χ1v) is 8.33. The maximum Gasteiger partial charge on any atom is 0.242 e. The Balaban J connectivity index is 3.00. The van der Waals surface area contributed by atoms with Gasteiger partial charge in [0.05, 0.1) is 4.90 Å². The quantitative estimate of drug-likeness (QED) is 0.802. The molecule has 1 N–H and O–H groups in total. The van der Waals surface area contributed by atoms with E-state index in [9.17, 15) is 12.8 Å². The number of unbranched alkanes of at least 4 members (excludes halogenated alkanes) is 1. The van der Waals surface area contributed by atoms with E-state index in [2.05, 4.69) is 5.32 Å². The van der Waals surface area contributed by atoms with Gasteiger partial charge in [-0.05, 0) is 31.2 Å². The summed E-state index contributed by atoms with van der Waals surface area (Å²) >= 11 is 0. The summed E-state index contributed by atoms with van der Waals surface area (Å²) in [6.07, 6.45) is 1.73. The van der Waals surface area contributed by atoms with Gasteiger partial charge < -0.3 is 5.32 Å². The standard InChI is InChI=1S/C14H23FN2O2S/c1-4-6-9-17(3)20(18,19)13-7-8-14(15)12(10-13)11-16-5-2/h7-8,10,16H,4-6,9,11H2,1-3H3. The van der Waals surface area contributed by atoms with Crippen LogP contribution in [0.4, 0.5) is 4.39 Å². The summed E-state index contributed by atoms with van der Waals surface area (Å²) in [4.78, 5) is 0.144. The molecule has 114 valence electrons. The lowest BCUT2D eigenvalue weighted by molar-refractivity contribution is 0.459. The first kappa shape index (κ1) is 17.1. The van der Waals surface area contributed by atoms with E-state index in [0.29, 0.717) is 25.2 Å². The second-order valence-corrected chi connectivity index (χ2v) is 6.76. The minimum absolute atomic E-state index is 0.144. The first-order valence-electron chi connectivity index (χ1n) is 6.89. The Morgan fingerprint density at radius 2 is 2.00 bits per heavy atom. The molecule has 6 heteroatoms. The molecule has 4 nitrogen and oxygen atoms in total. The molecule has 0 heterocycles. The SMILES string of the molecule is CCCCN(C)S(=O)(=O)c1ccc(F)c(CNCC)c1. The zero-order valence-corrected chi connectivity index (χ0v) is 13.1. The van der Waals surface area contributed by atoms with Crippen LogP contribution in [0.5, 0.6) is 0 Å². The molecular weight excluding hydrogens is 279 g/mol. The van der Waals surface area contributed by atoms with Crippen molar-refractivity contribution in [2.24, 2.45) is 0 Å². The normalized spacial score (nSPS) is 12.1. The molecule has 1 aromatic carbocycles. The van der Waals surface area contributed by atoms with Crippen LogP contribution in [-0.2, 0) is 16.6 Å². The Labute approximate surface area is 121 Å². The van der Waals surface area contributed by atoms with Crippen molar-refractivity contribution < 1.29 is 12.8 Å². The molecule has 0 aliphatic carbocycles. The van der Waals surface area contributed by atoms with Gasteiger partial charge in [-0.25, -0.2) is 17.1 Å². The van der Waals surface area contributed by atoms with E-state index in [1.54, 1.807) is 7.05 Å². The molecule has 0 amide bonds. The fourth-order valence-electron chi connectivity index (χ4n) is 1.79. The minimum atomic E-state index is -3.54. The Morgan fingerprint density at radius 3 is 2.60 bits per heavy atom. The van der Waals surface area contributed by atoms with Gasteiger partial charge in [-0.3, -0.25) is 0 Å². The average molecular weight is 302 g/mol. The highest BCUT2D eigenvalue weighted by molar-refractivity contribution is 7.89. The van der Waals surface area contributed by atoms with Crippen molar-refractivity contribution in [1.29, 1.82) is 0 Å². The molecule has 1 aromatic rings. The van der Waals surface area contributed by atoms with E-state index < -0.39 is 10.0 Å². The van der Waals surface area contributed by atoms with E-state index in [4.69, 9.17) is 0 Å². The van der Waals surface area contributed by atoms with Crippen molar-refractivity contribution in [2.75, 3.05) is 20.1 Å². The molecule has 0 saturated heterocycles. The largest absolute Gasteiger partial charge is 0.313 e. The maximum absolute atomic E-state index is 13.6. The second-order valence-electron chi connectivity index (χ2n) is 4.71. The smallest absolute Gasteiger partial charge is 0.242 e. The number of rotatable bonds is 8. The van der Waals surface area contributed by atoms with E-state index in [1.807, 2.05) is 13.8 Å². The fraction of sp³-hybridized carbons (Fsp3) is 0.571. The summed E-state index contributed by atoms with van der Waals surface area (Å²) in [5.41, 5.74) is 0.372. The Bertz CT molecular complexity index is 532. The lowest BCUT2D eigenvalue weighted by Gasteiger charge is -2.17. The van der Waals surface area contributed by atoms with Crippen molar-refractivity contribution in [3.8, 4) is 0 Å². The average Bonchev–Trinajstić information content (AvgIpc) is 2.43. The lowest BCUT2D eigenvalue weighted by Crippen LogP contribution is -2.28. The zero-order valence-electron chi connectivity index (χ0n) is 12.3. The third-order valence-electron chi connectivity index (χ3n) is 3.12. The van der Waals surface area contributed by atoms with Crippen LogP contribution in [0.2, 0.25) is 0 Å². The highest BCUT2D eigenvalue weighted by Gasteiger charge is 2.21. The number of nitrogens with zero attached hydrogens (tertiary/aromatic N) is 1. The van der Waals surface area contributed by atoms with E-state index >= 15 is 0 Å². The summed E-state index contributed by atoms with van der Waals surface area (Å²) in [6, 6.07) is 3.95. The van der Waals surface area contributed by atoms with Gasteiger partial charge in [-0.2, -0.15) is 0 Å². The summed E-state index contributed by atoms with van der Waals surface area (Å²) in [7, 11) is -1.98. The van der Waals surface area contributed by atoms with Crippen LogP contribution in [0.25, 0.3) is 0 Å². The molecule has 1 rings (SSSR count). The van der Waals surface area contributed by atoms with Gasteiger partial charge in [0.1, 0.15) is 5.82 Å². The third kappa shape index (κ3) is 4.26. The molecule has 0 radical (unpaired) electrons. The summed E-state index contributed by atoms with van der Waals surface area (Å²) in [6.45, 7) is 5.42. The van der Waals surface area contributed by atoms with Gasteiger partial charge in [-0.15, -0.1) is 0 Å². The van der Waals surface area contributed by atoms with Crippen molar-refractivity contribution in [3.05, 3.63) is 29.6 Å². The summed E-state index contributed by atoms with van der Waals surface area (Å²) in [5.74, 6) is -0.388. The van der Waals surface area contributed by atoms with Gasteiger partial charge >= 0.3 is 0 Å². The van der Waals surface area contributed by atoms with Gasteiger partial charge in [0, 0.05) is 25.7 Å². The minimum Gasteiger partial charge on any atom is -0.313 e. The number of benzene rings is 1. The molecule has 0 aromatic heterocycles. The highest BCUT2D eigenvalue weighted by atomic mass is 32.2. The maximum atomic E-state index is 13.6. The van der Waals surface area contributed by atoms with Crippen LogP contribution in [0, 0.1) is 5.82 Å². The fourth-order valence-corrected chi connectivity index (χ4v) is 3.05. The second kappa shape index (κ2) is 7.71. The molecule has 20 heavy (non-hydrogen) atoms. The number of hydrogen-bond donors (Lipinski definition) is 1. The number of halogens is 1. The highest BCUT2D eigenvalue weighted by Crippen LogP contribution is 2.18. The molecule has 0 unspecified atom stereocenters. The molecular formula is C14H23FN2O2S. The number of hydrogen-bond acceptors (Lipinski definition) is 3. The zero-order chi connectivity index (χ0) is 15.2. The van der Waals surface area contributed by atoms with Crippen molar-refractivity contribution in [3.63, 3.8) is 0 Å². The van der Waals surface area contributed by atoms with Gasteiger partial charge in [0.2, 0.25) is 10.0 Å². The Hall–Kier alpha value is -0.980. The number of nitrogens with one attached hydrogen (secondary N) is 1. The van der Waals surface area contributed by atoms with Crippen LogP contribution in [0.15, 0.2) is 23.1 Å². The Morgan fingerprint density at radius 1 is 1.30 bits per heavy atom. The summed E-state index contributed by atoms with van der Waals surface area (Å²) in [5, 5.41) is 3.00. The first-order chi connectivity index (χ1) is 9.43. The molecule has 0 saturated carbocycles.